The number of aliphatic hydroxyl groups excluding tert-OH is 1. The number of aliphatic hydroxyl groups is 1. The van der Waals surface area contributed by atoms with Crippen molar-refractivity contribution in [2.24, 2.45) is 0 Å². The first kappa shape index (κ1) is 17.1. The van der Waals surface area contributed by atoms with Gasteiger partial charge < -0.3 is 5.11 Å². The third kappa shape index (κ3) is 3.56. The highest BCUT2D eigenvalue weighted by molar-refractivity contribution is 8.00. The van der Waals surface area contributed by atoms with Gasteiger partial charge in [-0.1, -0.05) is 25.4 Å². The SMILES string of the molecule is Cc1c(CO)cc(Cl)cc1S(=O)(=O)N1CC(C)SC(C)C1. The molecular weight excluding hydrogens is 330 g/mol. The summed E-state index contributed by atoms with van der Waals surface area (Å²) in [4.78, 5) is 0.199. The summed E-state index contributed by atoms with van der Waals surface area (Å²) >= 11 is 7.80. The molecule has 0 spiro atoms. The predicted octanol–water partition coefficient (Wildman–Crippen LogP) is 2.66. The van der Waals surface area contributed by atoms with Gasteiger partial charge in [0.25, 0.3) is 0 Å². The summed E-state index contributed by atoms with van der Waals surface area (Å²) in [6.07, 6.45) is 0. The van der Waals surface area contributed by atoms with E-state index in [1.54, 1.807) is 24.8 Å². The van der Waals surface area contributed by atoms with E-state index in [1.807, 2.05) is 13.8 Å². The molecule has 2 rings (SSSR count). The van der Waals surface area contributed by atoms with Crippen molar-refractivity contribution in [3.8, 4) is 0 Å². The van der Waals surface area contributed by atoms with Gasteiger partial charge in [0.05, 0.1) is 11.5 Å². The standard InChI is InChI=1S/C14H20ClNO3S2/c1-9-6-16(7-10(2)20-9)21(18,19)14-5-13(15)4-12(8-17)11(14)3/h4-5,9-10,17H,6-8H2,1-3H3. The third-order valence-corrected chi connectivity index (χ3v) is 7.01. The molecule has 0 radical (unpaired) electrons. The molecule has 1 aromatic rings. The Hall–Kier alpha value is -0.270. The van der Waals surface area contributed by atoms with Crippen LogP contribution in [0.3, 0.4) is 0 Å². The van der Waals surface area contributed by atoms with E-state index < -0.39 is 10.0 Å². The average Bonchev–Trinajstić information content (AvgIpc) is 2.39. The average molecular weight is 350 g/mol. The molecule has 118 valence electrons. The van der Waals surface area contributed by atoms with Crippen LogP contribution >= 0.6 is 23.4 Å². The van der Waals surface area contributed by atoms with E-state index in [1.165, 1.54) is 10.4 Å². The van der Waals surface area contributed by atoms with Gasteiger partial charge in [-0.25, -0.2) is 8.42 Å². The Morgan fingerprint density at radius 2 is 1.90 bits per heavy atom. The summed E-state index contributed by atoms with van der Waals surface area (Å²) in [5, 5.41) is 10.2. The van der Waals surface area contributed by atoms with Crippen LogP contribution in [-0.4, -0.2) is 41.4 Å². The summed E-state index contributed by atoms with van der Waals surface area (Å²) < 4.78 is 27.3. The molecule has 1 aliphatic heterocycles. The van der Waals surface area contributed by atoms with E-state index in [-0.39, 0.29) is 22.0 Å². The summed E-state index contributed by atoms with van der Waals surface area (Å²) in [6.45, 7) is 6.55. The van der Waals surface area contributed by atoms with Crippen LogP contribution in [0.2, 0.25) is 5.02 Å². The van der Waals surface area contributed by atoms with E-state index >= 15 is 0 Å². The minimum atomic E-state index is -3.59. The first-order valence-corrected chi connectivity index (χ1v) is 9.57. The van der Waals surface area contributed by atoms with Gasteiger partial charge in [-0.15, -0.1) is 0 Å². The maximum atomic E-state index is 12.9. The van der Waals surface area contributed by atoms with Crippen molar-refractivity contribution < 1.29 is 13.5 Å². The quantitative estimate of drug-likeness (QED) is 0.911. The minimum Gasteiger partial charge on any atom is -0.392 e. The minimum absolute atomic E-state index is 0.199. The molecule has 0 amide bonds. The number of benzene rings is 1. The molecule has 0 aliphatic carbocycles. The summed E-state index contributed by atoms with van der Waals surface area (Å²) in [7, 11) is -3.59. The fourth-order valence-electron chi connectivity index (χ4n) is 2.61. The Labute approximate surface area is 135 Å². The Bertz CT molecular complexity index is 623. The van der Waals surface area contributed by atoms with Crippen molar-refractivity contribution in [1.29, 1.82) is 0 Å². The lowest BCUT2D eigenvalue weighted by Gasteiger charge is -2.34. The number of hydrogen-bond acceptors (Lipinski definition) is 4. The summed E-state index contributed by atoms with van der Waals surface area (Å²) in [5.41, 5.74) is 1.12. The van der Waals surface area contributed by atoms with Gasteiger partial charge in [-0.05, 0) is 30.2 Å². The van der Waals surface area contributed by atoms with Gasteiger partial charge in [-0.3, -0.25) is 0 Å². The van der Waals surface area contributed by atoms with Crippen LogP contribution in [0, 0.1) is 6.92 Å². The second-order valence-corrected chi connectivity index (χ2v) is 9.65. The smallest absolute Gasteiger partial charge is 0.243 e. The molecule has 4 nitrogen and oxygen atoms in total. The Morgan fingerprint density at radius 3 is 2.43 bits per heavy atom. The molecule has 0 bridgehead atoms. The highest BCUT2D eigenvalue weighted by atomic mass is 35.5. The Kier molecular flexibility index (Phi) is 5.26. The van der Waals surface area contributed by atoms with Crippen molar-refractivity contribution in [1.82, 2.24) is 4.31 Å². The number of hydrogen-bond donors (Lipinski definition) is 1. The van der Waals surface area contributed by atoms with Crippen molar-refractivity contribution in [3.05, 3.63) is 28.3 Å². The lowest BCUT2D eigenvalue weighted by molar-refractivity contribution is 0.280. The van der Waals surface area contributed by atoms with Gasteiger partial charge in [0.2, 0.25) is 10.0 Å². The summed E-state index contributed by atoms with van der Waals surface area (Å²) in [5.74, 6) is 0. The van der Waals surface area contributed by atoms with Gasteiger partial charge in [0.15, 0.2) is 0 Å². The molecule has 0 saturated carbocycles. The largest absolute Gasteiger partial charge is 0.392 e. The number of halogens is 1. The van der Waals surface area contributed by atoms with Crippen molar-refractivity contribution in [2.45, 2.75) is 42.8 Å². The zero-order valence-electron chi connectivity index (χ0n) is 12.3. The highest BCUT2D eigenvalue weighted by Crippen LogP contribution is 2.32. The Balaban J connectivity index is 2.47. The van der Waals surface area contributed by atoms with Crippen molar-refractivity contribution in [2.75, 3.05) is 13.1 Å². The fourth-order valence-corrected chi connectivity index (χ4v) is 6.34. The van der Waals surface area contributed by atoms with Gasteiger partial charge in [0, 0.05) is 28.6 Å². The monoisotopic (exact) mass is 349 g/mol. The van der Waals surface area contributed by atoms with E-state index in [9.17, 15) is 13.5 Å². The van der Waals surface area contributed by atoms with Gasteiger partial charge in [0.1, 0.15) is 0 Å². The van der Waals surface area contributed by atoms with Crippen LogP contribution in [0.25, 0.3) is 0 Å². The number of sulfonamides is 1. The first-order valence-electron chi connectivity index (χ1n) is 6.81. The molecule has 2 unspecified atom stereocenters. The molecule has 7 heteroatoms. The lowest BCUT2D eigenvalue weighted by Crippen LogP contribution is -2.44. The second-order valence-electron chi connectivity index (χ2n) is 5.43. The molecule has 1 aliphatic rings. The number of thioether (sulfide) groups is 1. The molecule has 1 N–H and O–H groups in total. The van der Waals surface area contributed by atoms with E-state index in [0.717, 1.165) is 0 Å². The van der Waals surface area contributed by atoms with Crippen LogP contribution in [0.4, 0.5) is 0 Å². The topological polar surface area (TPSA) is 57.6 Å². The van der Waals surface area contributed by atoms with E-state index in [4.69, 9.17) is 11.6 Å². The van der Waals surface area contributed by atoms with E-state index in [0.29, 0.717) is 29.2 Å². The highest BCUT2D eigenvalue weighted by Gasteiger charge is 2.33. The van der Waals surface area contributed by atoms with Crippen LogP contribution in [0.5, 0.6) is 0 Å². The summed E-state index contributed by atoms with van der Waals surface area (Å²) in [6, 6.07) is 3.08. The Morgan fingerprint density at radius 1 is 1.33 bits per heavy atom. The van der Waals surface area contributed by atoms with Gasteiger partial charge in [-0.2, -0.15) is 16.1 Å². The van der Waals surface area contributed by atoms with Crippen molar-refractivity contribution >= 4 is 33.4 Å². The van der Waals surface area contributed by atoms with Crippen LogP contribution < -0.4 is 0 Å². The number of rotatable bonds is 3. The van der Waals surface area contributed by atoms with Crippen molar-refractivity contribution in [3.63, 3.8) is 0 Å². The molecule has 1 saturated heterocycles. The predicted molar refractivity (Wildman–Crippen MR) is 87.4 cm³/mol. The zero-order valence-corrected chi connectivity index (χ0v) is 14.7. The lowest BCUT2D eigenvalue weighted by atomic mass is 10.1. The zero-order chi connectivity index (χ0) is 15.8. The maximum absolute atomic E-state index is 12.9. The van der Waals surface area contributed by atoms with Gasteiger partial charge >= 0.3 is 0 Å². The third-order valence-electron chi connectivity index (χ3n) is 3.61. The van der Waals surface area contributed by atoms with Crippen LogP contribution in [0.15, 0.2) is 17.0 Å². The fraction of sp³-hybridized carbons (Fsp3) is 0.571. The normalized spacial score (nSPS) is 24.2. The molecule has 1 fully saturated rings. The number of nitrogens with zero attached hydrogens (tertiary/aromatic N) is 1. The second kappa shape index (κ2) is 6.46. The molecule has 21 heavy (non-hydrogen) atoms. The molecular formula is C14H20ClNO3S2. The van der Waals surface area contributed by atoms with Crippen LogP contribution in [0.1, 0.15) is 25.0 Å². The molecule has 1 aromatic carbocycles. The molecule has 1 heterocycles. The molecule has 2 atom stereocenters. The van der Waals surface area contributed by atoms with E-state index in [2.05, 4.69) is 0 Å². The molecule has 0 aromatic heterocycles. The first-order chi connectivity index (χ1) is 9.75. The maximum Gasteiger partial charge on any atom is 0.243 e. The van der Waals surface area contributed by atoms with Crippen LogP contribution in [-0.2, 0) is 16.6 Å².